The number of carbonyl (C=O) groups excluding carboxylic acids is 1. The van der Waals surface area contributed by atoms with Gasteiger partial charge in [0, 0.05) is 37.3 Å². The molecule has 0 radical (unpaired) electrons. The SMILES string of the molecule is O=C(C[NH+]1CCC[C@H]1c1cccs1)Nc1ccc(N2CCCCCC2)cc1. The van der Waals surface area contributed by atoms with Crippen molar-refractivity contribution < 1.29 is 9.69 Å². The predicted octanol–water partition coefficient (Wildman–Crippen LogP) is 3.49. The average molecular weight is 385 g/mol. The van der Waals surface area contributed by atoms with Crippen LogP contribution in [0.2, 0.25) is 0 Å². The molecule has 4 rings (SSSR count). The van der Waals surface area contributed by atoms with E-state index >= 15 is 0 Å². The molecule has 0 bridgehead atoms. The smallest absolute Gasteiger partial charge is 0.279 e. The van der Waals surface area contributed by atoms with Crippen molar-refractivity contribution in [3.05, 3.63) is 46.7 Å². The van der Waals surface area contributed by atoms with E-state index in [9.17, 15) is 4.79 Å². The van der Waals surface area contributed by atoms with Crippen molar-refractivity contribution in [1.29, 1.82) is 0 Å². The maximum Gasteiger partial charge on any atom is 0.279 e. The number of nitrogens with one attached hydrogen (secondary N) is 2. The van der Waals surface area contributed by atoms with Crippen LogP contribution >= 0.6 is 11.3 Å². The van der Waals surface area contributed by atoms with Gasteiger partial charge in [-0.3, -0.25) is 4.79 Å². The summed E-state index contributed by atoms with van der Waals surface area (Å²) in [5.74, 6) is 0.121. The second kappa shape index (κ2) is 8.89. The number of likely N-dealkylation sites (tertiary alicyclic amines) is 1. The number of rotatable bonds is 5. The normalized spacial score (nSPS) is 23.2. The molecule has 0 aliphatic carbocycles. The Morgan fingerprint density at radius 3 is 2.56 bits per heavy atom. The summed E-state index contributed by atoms with van der Waals surface area (Å²) in [6, 6.07) is 13.2. The lowest BCUT2D eigenvalue weighted by Crippen LogP contribution is -3.11. The van der Waals surface area contributed by atoms with Crippen LogP contribution in [-0.2, 0) is 4.79 Å². The molecule has 1 aromatic heterocycles. The summed E-state index contributed by atoms with van der Waals surface area (Å²) in [4.78, 5) is 17.9. The summed E-state index contributed by atoms with van der Waals surface area (Å²) >= 11 is 1.81. The Hall–Kier alpha value is -1.85. The van der Waals surface area contributed by atoms with Gasteiger partial charge in [0.25, 0.3) is 5.91 Å². The molecule has 1 unspecified atom stereocenters. The van der Waals surface area contributed by atoms with E-state index in [1.165, 1.54) is 54.0 Å². The summed E-state index contributed by atoms with van der Waals surface area (Å²) in [6.45, 7) is 3.93. The highest BCUT2D eigenvalue weighted by Gasteiger charge is 2.32. The van der Waals surface area contributed by atoms with Crippen molar-refractivity contribution >= 4 is 28.6 Å². The van der Waals surface area contributed by atoms with Crippen LogP contribution in [0.15, 0.2) is 41.8 Å². The molecule has 2 N–H and O–H groups in total. The summed E-state index contributed by atoms with van der Waals surface area (Å²) in [7, 11) is 0. The zero-order valence-electron chi connectivity index (χ0n) is 16.0. The van der Waals surface area contributed by atoms with Crippen LogP contribution in [-0.4, -0.2) is 32.1 Å². The summed E-state index contributed by atoms with van der Waals surface area (Å²) in [5, 5.41) is 5.24. The van der Waals surface area contributed by atoms with Gasteiger partial charge in [0.1, 0.15) is 6.04 Å². The number of amides is 1. The molecule has 4 nitrogen and oxygen atoms in total. The van der Waals surface area contributed by atoms with Crippen LogP contribution in [0.5, 0.6) is 0 Å². The Morgan fingerprint density at radius 2 is 1.85 bits per heavy atom. The maximum atomic E-state index is 12.6. The van der Waals surface area contributed by atoms with E-state index in [0.29, 0.717) is 12.6 Å². The van der Waals surface area contributed by atoms with Crippen LogP contribution in [0.1, 0.15) is 49.4 Å². The highest BCUT2D eigenvalue weighted by atomic mass is 32.1. The number of nitrogens with zero attached hydrogens (tertiary/aromatic N) is 1. The van der Waals surface area contributed by atoms with Gasteiger partial charge in [-0.1, -0.05) is 18.9 Å². The largest absolute Gasteiger partial charge is 0.372 e. The van der Waals surface area contributed by atoms with Crippen LogP contribution in [0, 0.1) is 0 Å². The van der Waals surface area contributed by atoms with Crippen molar-refractivity contribution in [2.24, 2.45) is 0 Å². The molecule has 0 saturated carbocycles. The quantitative estimate of drug-likeness (QED) is 0.828. The number of quaternary nitrogens is 1. The Balaban J connectivity index is 1.32. The third kappa shape index (κ3) is 4.71. The van der Waals surface area contributed by atoms with E-state index in [1.807, 2.05) is 23.5 Å². The number of thiophene rings is 1. The number of benzene rings is 1. The summed E-state index contributed by atoms with van der Waals surface area (Å²) < 4.78 is 0. The van der Waals surface area contributed by atoms with Crippen molar-refractivity contribution in [3.63, 3.8) is 0 Å². The second-order valence-corrected chi connectivity index (χ2v) is 8.77. The molecule has 3 heterocycles. The third-order valence-electron chi connectivity index (χ3n) is 5.88. The molecular weight excluding hydrogens is 354 g/mol. The van der Waals surface area contributed by atoms with Gasteiger partial charge in [-0.05, 0) is 48.6 Å². The first-order valence-electron chi connectivity index (χ1n) is 10.3. The van der Waals surface area contributed by atoms with E-state index in [4.69, 9.17) is 0 Å². The standard InChI is InChI=1S/C22H29N3OS/c26-22(17-25-15-5-7-20(25)21-8-6-16-27-21)23-18-9-11-19(12-10-18)24-13-3-1-2-4-14-24/h6,8-12,16,20H,1-5,7,13-15,17H2,(H,23,26)/p+1/t20-/m0/s1. The first kappa shape index (κ1) is 18.5. The minimum absolute atomic E-state index is 0.121. The molecular formula is C22H30N3OS+. The van der Waals surface area contributed by atoms with E-state index in [-0.39, 0.29) is 5.91 Å². The monoisotopic (exact) mass is 384 g/mol. The lowest BCUT2D eigenvalue weighted by atomic mass is 10.2. The van der Waals surface area contributed by atoms with Gasteiger partial charge in [0.15, 0.2) is 6.54 Å². The zero-order chi connectivity index (χ0) is 18.5. The highest BCUT2D eigenvalue weighted by molar-refractivity contribution is 7.10. The number of hydrogen-bond acceptors (Lipinski definition) is 3. The van der Waals surface area contributed by atoms with Gasteiger partial charge in [-0.2, -0.15) is 0 Å². The molecule has 2 aromatic rings. The topological polar surface area (TPSA) is 36.8 Å². The molecule has 2 aliphatic rings. The Labute approximate surface area is 166 Å². The molecule has 1 aromatic carbocycles. The summed E-state index contributed by atoms with van der Waals surface area (Å²) in [5.41, 5.74) is 2.18. The lowest BCUT2D eigenvalue weighted by molar-refractivity contribution is -0.910. The van der Waals surface area contributed by atoms with Crippen molar-refractivity contribution in [2.45, 2.75) is 44.6 Å². The first-order valence-corrected chi connectivity index (χ1v) is 11.2. The molecule has 2 fully saturated rings. The molecule has 1 amide bonds. The van der Waals surface area contributed by atoms with Crippen molar-refractivity contribution in [2.75, 3.05) is 36.4 Å². The number of carbonyl (C=O) groups is 1. The third-order valence-corrected chi connectivity index (χ3v) is 6.87. The van der Waals surface area contributed by atoms with Crippen molar-refractivity contribution in [3.8, 4) is 0 Å². The van der Waals surface area contributed by atoms with Gasteiger partial charge in [-0.25, -0.2) is 0 Å². The highest BCUT2D eigenvalue weighted by Crippen LogP contribution is 2.24. The average Bonchev–Trinajstić information content (AvgIpc) is 3.28. The number of anilines is 2. The Kier molecular flexibility index (Phi) is 6.10. The Morgan fingerprint density at radius 1 is 1.07 bits per heavy atom. The number of hydrogen-bond donors (Lipinski definition) is 2. The van der Waals surface area contributed by atoms with E-state index in [2.05, 4.69) is 39.9 Å². The van der Waals surface area contributed by atoms with Crippen LogP contribution < -0.4 is 15.1 Å². The summed E-state index contributed by atoms with van der Waals surface area (Å²) in [6.07, 6.45) is 7.64. The maximum absolute atomic E-state index is 12.6. The molecule has 2 aliphatic heterocycles. The zero-order valence-corrected chi connectivity index (χ0v) is 16.8. The van der Waals surface area contributed by atoms with Crippen LogP contribution in [0.25, 0.3) is 0 Å². The molecule has 144 valence electrons. The Bertz CT molecular complexity index is 721. The fourth-order valence-corrected chi connectivity index (χ4v) is 5.37. The van der Waals surface area contributed by atoms with E-state index < -0.39 is 0 Å². The van der Waals surface area contributed by atoms with Crippen LogP contribution in [0.3, 0.4) is 0 Å². The minimum atomic E-state index is 0.121. The molecule has 0 spiro atoms. The first-order chi connectivity index (χ1) is 13.3. The predicted molar refractivity (Wildman–Crippen MR) is 113 cm³/mol. The molecule has 27 heavy (non-hydrogen) atoms. The van der Waals surface area contributed by atoms with Gasteiger partial charge in [0.05, 0.1) is 11.4 Å². The fourth-order valence-electron chi connectivity index (χ4n) is 4.45. The van der Waals surface area contributed by atoms with E-state index in [0.717, 1.165) is 25.3 Å². The van der Waals surface area contributed by atoms with E-state index in [1.54, 1.807) is 0 Å². The van der Waals surface area contributed by atoms with Gasteiger partial charge in [-0.15, -0.1) is 11.3 Å². The lowest BCUT2D eigenvalue weighted by Gasteiger charge is -2.23. The van der Waals surface area contributed by atoms with Gasteiger partial charge in [0.2, 0.25) is 0 Å². The molecule has 2 saturated heterocycles. The fraction of sp³-hybridized carbons (Fsp3) is 0.500. The molecule has 5 heteroatoms. The molecule has 2 atom stereocenters. The van der Waals surface area contributed by atoms with Crippen molar-refractivity contribution in [1.82, 2.24) is 0 Å². The van der Waals surface area contributed by atoms with Crippen LogP contribution in [0.4, 0.5) is 11.4 Å². The van der Waals surface area contributed by atoms with Gasteiger partial charge < -0.3 is 15.1 Å². The minimum Gasteiger partial charge on any atom is -0.372 e. The second-order valence-electron chi connectivity index (χ2n) is 7.79. The van der Waals surface area contributed by atoms with Gasteiger partial charge >= 0.3 is 0 Å².